The van der Waals surface area contributed by atoms with E-state index in [1.54, 1.807) is 13.3 Å². The Morgan fingerprint density at radius 1 is 1.15 bits per heavy atom. The maximum absolute atomic E-state index is 14.1. The molecule has 1 saturated carbocycles. The molecule has 0 bridgehead atoms. The molecule has 0 spiro atoms. The summed E-state index contributed by atoms with van der Waals surface area (Å²) in [6.07, 6.45) is 3.71. The highest BCUT2D eigenvalue weighted by atomic mass is 16.5. The van der Waals surface area contributed by atoms with E-state index in [-0.39, 0.29) is 17.9 Å². The number of nitrogens with one attached hydrogen (secondary N) is 1. The van der Waals surface area contributed by atoms with Crippen molar-refractivity contribution in [1.29, 1.82) is 0 Å². The third-order valence-electron chi connectivity index (χ3n) is 7.44. The zero-order valence-electron chi connectivity index (χ0n) is 19.8. The van der Waals surface area contributed by atoms with E-state index in [1.165, 1.54) is 0 Å². The first-order valence-corrected chi connectivity index (χ1v) is 12.1. The maximum atomic E-state index is 14.1. The molecule has 1 amide bonds. The molecule has 2 fully saturated rings. The Labute approximate surface area is 196 Å². The van der Waals surface area contributed by atoms with Gasteiger partial charge in [0.2, 0.25) is 5.91 Å². The SMILES string of the molecule is CO[C@@H]1[C@H](C)C[C@H](C(=O)N2Cc3cccnc3Nc3ccc(N4CCOCC4)cc32)C[C@@H]1C. The van der Waals surface area contributed by atoms with Crippen LogP contribution in [0, 0.1) is 17.8 Å². The molecular weight excluding hydrogens is 416 g/mol. The Kier molecular flexibility index (Phi) is 6.25. The molecule has 1 N–H and O–H groups in total. The zero-order valence-corrected chi connectivity index (χ0v) is 19.8. The van der Waals surface area contributed by atoms with Crippen LogP contribution in [0.5, 0.6) is 0 Å². The van der Waals surface area contributed by atoms with Gasteiger partial charge in [0.05, 0.1) is 37.2 Å². The van der Waals surface area contributed by atoms with Crippen molar-refractivity contribution in [2.75, 3.05) is 48.5 Å². The number of carbonyl (C=O) groups excluding carboxylic acids is 1. The van der Waals surface area contributed by atoms with Crippen molar-refractivity contribution in [2.24, 2.45) is 17.8 Å². The zero-order chi connectivity index (χ0) is 22.9. The van der Waals surface area contributed by atoms with Crippen LogP contribution in [0.3, 0.4) is 0 Å². The molecule has 5 rings (SSSR count). The van der Waals surface area contributed by atoms with Crippen molar-refractivity contribution in [1.82, 2.24) is 4.98 Å². The number of morpholine rings is 1. The number of anilines is 4. The number of hydrogen-bond acceptors (Lipinski definition) is 6. The second kappa shape index (κ2) is 9.31. The smallest absolute Gasteiger partial charge is 0.230 e. The third-order valence-corrected chi connectivity index (χ3v) is 7.44. The quantitative estimate of drug-likeness (QED) is 0.756. The Morgan fingerprint density at radius 3 is 2.64 bits per heavy atom. The molecule has 3 heterocycles. The van der Waals surface area contributed by atoms with Crippen molar-refractivity contribution in [2.45, 2.75) is 39.3 Å². The lowest BCUT2D eigenvalue weighted by Crippen LogP contribution is -2.43. The summed E-state index contributed by atoms with van der Waals surface area (Å²) < 4.78 is 11.3. The molecule has 1 aromatic carbocycles. The minimum Gasteiger partial charge on any atom is -0.381 e. The van der Waals surface area contributed by atoms with E-state index in [0.717, 1.165) is 67.6 Å². The average molecular weight is 451 g/mol. The van der Waals surface area contributed by atoms with Crippen molar-refractivity contribution < 1.29 is 14.3 Å². The van der Waals surface area contributed by atoms with Gasteiger partial charge in [-0.15, -0.1) is 0 Å². The van der Waals surface area contributed by atoms with Crippen LogP contribution in [-0.4, -0.2) is 50.4 Å². The highest BCUT2D eigenvalue weighted by Gasteiger charge is 2.39. The van der Waals surface area contributed by atoms with Gasteiger partial charge < -0.3 is 24.6 Å². The molecule has 0 radical (unpaired) electrons. The van der Waals surface area contributed by atoms with Gasteiger partial charge in [0, 0.05) is 43.6 Å². The van der Waals surface area contributed by atoms with Gasteiger partial charge in [-0.05, 0) is 48.9 Å². The first kappa shape index (κ1) is 22.2. The Hall–Kier alpha value is -2.64. The Bertz CT molecular complexity index is 995. The maximum Gasteiger partial charge on any atom is 0.230 e. The predicted octanol–water partition coefficient (Wildman–Crippen LogP) is 4.21. The van der Waals surface area contributed by atoms with Crippen molar-refractivity contribution >= 4 is 28.8 Å². The molecule has 176 valence electrons. The summed E-state index contributed by atoms with van der Waals surface area (Å²) in [5, 5.41) is 3.49. The molecule has 1 aliphatic carbocycles. The summed E-state index contributed by atoms with van der Waals surface area (Å²) in [5.74, 6) is 1.71. The summed E-state index contributed by atoms with van der Waals surface area (Å²) in [6.45, 7) is 8.10. The highest BCUT2D eigenvalue weighted by Crippen LogP contribution is 2.41. The first-order chi connectivity index (χ1) is 16.0. The topological polar surface area (TPSA) is 66.9 Å². The number of rotatable bonds is 3. The van der Waals surface area contributed by atoms with Crippen LogP contribution in [0.2, 0.25) is 0 Å². The Balaban J connectivity index is 1.51. The molecule has 3 aliphatic rings. The molecule has 33 heavy (non-hydrogen) atoms. The van der Waals surface area contributed by atoms with Gasteiger partial charge in [-0.1, -0.05) is 19.9 Å². The fourth-order valence-corrected chi connectivity index (χ4v) is 5.84. The molecular formula is C26H34N4O3. The van der Waals surface area contributed by atoms with Gasteiger partial charge in [-0.3, -0.25) is 4.79 Å². The molecule has 0 unspecified atom stereocenters. The number of ether oxygens (including phenoxy) is 2. The third kappa shape index (κ3) is 4.32. The lowest BCUT2D eigenvalue weighted by Gasteiger charge is -2.39. The van der Waals surface area contributed by atoms with E-state index in [9.17, 15) is 4.79 Å². The van der Waals surface area contributed by atoms with Crippen molar-refractivity contribution in [3.05, 3.63) is 42.1 Å². The largest absolute Gasteiger partial charge is 0.381 e. The number of pyridine rings is 1. The van der Waals surface area contributed by atoms with Crippen LogP contribution in [0.1, 0.15) is 32.3 Å². The predicted molar refractivity (Wildman–Crippen MR) is 130 cm³/mol. The van der Waals surface area contributed by atoms with E-state index in [1.807, 2.05) is 11.0 Å². The number of nitrogens with zero attached hydrogens (tertiary/aromatic N) is 3. The number of hydrogen-bond donors (Lipinski definition) is 1. The summed E-state index contributed by atoms with van der Waals surface area (Å²) in [6, 6.07) is 10.4. The number of fused-ring (bicyclic) bond motifs is 2. The minimum atomic E-state index is -0.0143. The summed E-state index contributed by atoms with van der Waals surface area (Å²) in [5.41, 5.74) is 4.00. The van der Waals surface area contributed by atoms with Gasteiger partial charge in [-0.2, -0.15) is 0 Å². The monoisotopic (exact) mass is 450 g/mol. The van der Waals surface area contributed by atoms with Gasteiger partial charge in [0.15, 0.2) is 0 Å². The fourth-order valence-electron chi connectivity index (χ4n) is 5.84. The van der Waals surface area contributed by atoms with E-state index < -0.39 is 0 Å². The first-order valence-electron chi connectivity index (χ1n) is 12.1. The van der Waals surface area contributed by atoms with Gasteiger partial charge in [-0.25, -0.2) is 4.98 Å². The molecule has 2 aromatic rings. The highest BCUT2D eigenvalue weighted by molar-refractivity contribution is 6.00. The molecule has 7 heteroatoms. The number of methoxy groups -OCH3 is 1. The second-order valence-corrected chi connectivity index (χ2v) is 9.68. The van der Waals surface area contributed by atoms with Gasteiger partial charge in [0.1, 0.15) is 5.82 Å². The van der Waals surface area contributed by atoms with Crippen LogP contribution >= 0.6 is 0 Å². The van der Waals surface area contributed by atoms with Crippen molar-refractivity contribution in [3.63, 3.8) is 0 Å². The molecule has 4 atom stereocenters. The van der Waals surface area contributed by atoms with Crippen LogP contribution in [-0.2, 0) is 20.8 Å². The number of aromatic nitrogens is 1. The van der Waals surface area contributed by atoms with E-state index in [2.05, 4.69) is 53.3 Å². The molecule has 1 aromatic heterocycles. The van der Waals surface area contributed by atoms with Gasteiger partial charge >= 0.3 is 0 Å². The lowest BCUT2D eigenvalue weighted by atomic mass is 9.74. The summed E-state index contributed by atoms with van der Waals surface area (Å²) in [4.78, 5) is 22.9. The van der Waals surface area contributed by atoms with E-state index >= 15 is 0 Å². The van der Waals surface area contributed by atoms with E-state index in [4.69, 9.17) is 9.47 Å². The number of amides is 1. The normalized spacial score (nSPS) is 27.2. The van der Waals surface area contributed by atoms with Crippen LogP contribution in [0.15, 0.2) is 36.5 Å². The second-order valence-electron chi connectivity index (χ2n) is 9.68. The summed E-state index contributed by atoms with van der Waals surface area (Å²) in [7, 11) is 1.79. The van der Waals surface area contributed by atoms with Crippen LogP contribution < -0.4 is 15.1 Å². The van der Waals surface area contributed by atoms with Crippen LogP contribution in [0.25, 0.3) is 0 Å². The molecule has 1 saturated heterocycles. The minimum absolute atomic E-state index is 0.0143. The molecule has 7 nitrogen and oxygen atoms in total. The van der Waals surface area contributed by atoms with Crippen LogP contribution in [0.4, 0.5) is 22.9 Å². The number of benzene rings is 1. The molecule has 2 aliphatic heterocycles. The van der Waals surface area contributed by atoms with Crippen molar-refractivity contribution in [3.8, 4) is 0 Å². The standard InChI is InChI=1S/C26H34N4O3/c1-17-13-20(14-18(2)24(17)32-3)26(31)30-16-19-5-4-8-27-25(19)28-22-7-6-21(15-23(22)30)29-9-11-33-12-10-29/h4-8,15,17-18,20,24H,9-14,16H2,1-3H3,(H,27,28)/t17-,18+,20+,24-. The lowest BCUT2D eigenvalue weighted by molar-refractivity contribution is -0.127. The fraction of sp³-hybridized carbons (Fsp3) is 0.538. The van der Waals surface area contributed by atoms with E-state index in [0.29, 0.717) is 18.4 Å². The van der Waals surface area contributed by atoms with Gasteiger partial charge in [0.25, 0.3) is 0 Å². The average Bonchev–Trinajstić information content (AvgIpc) is 3.00. The number of carbonyl (C=O) groups is 1. The Morgan fingerprint density at radius 2 is 1.91 bits per heavy atom. The summed E-state index contributed by atoms with van der Waals surface area (Å²) >= 11 is 0.